The van der Waals surface area contributed by atoms with Crippen molar-refractivity contribution in [1.82, 2.24) is 0 Å². The van der Waals surface area contributed by atoms with Crippen molar-refractivity contribution in [2.45, 2.75) is 81.3 Å². The smallest absolute Gasteiger partial charge is 0.334 e. The van der Waals surface area contributed by atoms with Crippen LogP contribution in [0.4, 0.5) is 0 Å². The summed E-state index contributed by atoms with van der Waals surface area (Å²) >= 11 is 0. The van der Waals surface area contributed by atoms with Crippen LogP contribution in [0.15, 0.2) is 11.1 Å². The summed E-state index contributed by atoms with van der Waals surface area (Å²) in [4.78, 5) is 12.1. The van der Waals surface area contributed by atoms with E-state index < -0.39 is 22.9 Å². The third-order valence-electron chi connectivity index (χ3n) is 9.10. The number of fused-ring (bicyclic) bond motifs is 4. The lowest BCUT2D eigenvalue weighted by Crippen LogP contribution is -2.69. The molecule has 3 aliphatic carbocycles. The van der Waals surface area contributed by atoms with Crippen molar-refractivity contribution >= 4 is 5.97 Å². The molecule has 1 N–H and O–H groups in total. The summed E-state index contributed by atoms with van der Waals surface area (Å²) in [6.45, 7) is 6.91. The highest BCUT2D eigenvalue weighted by molar-refractivity contribution is 5.92. The molecule has 6 nitrogen and oxygen atoms in total. The summed E-state index contributed by atoms with van der Waals surface area (Å²) < 4.78 is 24.3. The van der Waals surface area contributed by atoms with E-state index in [1.807, 2.05) is 0 Å². The third-order valence-corrected chi connectivity index (χ3v) is 9.10. The molecule has 0 aromatic carbocycles. The van der Waals surface area contributed by atoms with Crippen molar-refractivity contribution in [2.75, 3.05) is 6.61 Å². The second-order valence-corrected chi connectivity index (χ2v) is 9.91. The van der Waals surface area contributed by atoms with Crippen molar-refractivity contribution in [3.63, 3.8) is 0 Å². The zero-order chi connectivity index (χ0) is 17.9. The zero-order valence-electron chi connectivity index (χ0n) is 15.3. The van der Waals surface area contributed by atoms with Crippen molar-refractivity contribution in [3.05, 3.63) is 11.1 Å². The van der Waals surface area contributed by atoms with Gasteiger partial charge in [0.25, 0.3) is 0 Å². The van der Waals surface area contributed by atoms with Crippen LogP contribution < -0.4 is 0 Å². The number of carbonyl (C=O) groups excluding carboxylic acids is 1. The molecule has 7 rings (SSSR count). The van der Waals surface area contributed by atoms with Gasteiger partial charge in [0.2, 0.25) is 0 Å². The van der Waals surface area contributed by atoms with E-state index in [9.17, 15) is 9.90 Å². The molecule has 0 unspecified atom stereocenters. The van der Waals surface area contributed by atoms with Gasteiger partial charge in [-0.2, -0.15) is 0 Å². The maximum Gasteiger partial charge on any atom is 0.334 e. The second kappa shape index (κ2) is 3.79. The molecule has 7 aliphatic rings. The normalized spacial score (nSPS) is 63.1. The highest BCUT2D eigenvalue weighted by Crippen LogP contribution is 2.82. The van der Waals surface area contributed by atoms with E-state index in [1.165, 1.54) is 0 Å². The number of hydrogen-bond donors (Lipinski definition) is 1. The molecular formula is C20H24O6. The molecule has 0 aromatic heterocycles. The lowest BCUT2D eigenvalue weighted by Gasteiger charge is -2.53. The minimum absolute atomic E-state index is 0.00808. The molecule has 5 fully saturated rings. The summed E-state index contributed by atoms with van der Waals surface area (Å²) in [6.07, 6.45) is 1.71. The summed E-state index contributed by atoms with van der Waals surface area (Å²) in [5, 5.41) is 11.4. The number of carbonyl (C=O) groups is 1. The maximum absolute atomic E-state index is 12.1. The Morgan fingerprint density at radius 2 is 2.00 bits per heavy atom. The third kappa shape index (κ3) is 1.14. The monoisotopic (exact) mass is 360 g/mol. The molecule has 26 heavy (non-hydrogen) atoms. The molecular weight excluding hydrogens is 336 g/mol. The lowest BCUT2D eigenvalue weighted by atomic mass is 9.46. The largest absolute Gasteiger partial charge is 0.458 e. The first-order chi connectivity index (χ1) is 12.3. The number of ether oxygens (including phenoxy) is 4. The highest BCUT2D eigenvalue weighted by Gasteiger charge is 3.00. The number of hydrogen-bond acceptors (Lipinski definition) is 6. The van der Waals surface area contributed by atoms with E-state index in [2.05, 4.69) is 20.8 Å². The minimum atomic E-state index is -0.654. The summed E-state index contributed by atoms with van der Waals surface area (Å²) in [5.41, 5.74) is 0.230. The van der Waals surface area contributed by atoms with E-state index in [0.717, 1.165) is 30.4 Å². The lowest BCUT2D eigenvalue weighted by molar-refractivity contribution is -0.136. The molecule has 2 spiro atoms. The molecule has 3 saturated heterocycles. The van der Waals surface area contributed by atoms with Crippen LogP contribution in [0.3, 0.4) is 0 Å². The van der Waals surface area contributed by atoms with Gasteiger partial charge < -0.3 is 24.1 Å². The molecule has 6 heteroatoms. The maximum atomic E-state index is 12.1. The van der Waals surface area contributed by atoms with Crippen LogP contribution >= 0.6 is 0 Å². The quantitative estimate of drug-likeness (QED) is 0.557. The van der Waals surface area contributed by atoms with E-state index in [-0.39, 0.29) is 41.5 Å². The first-order valence-corrected chi connectivity index (χ1v) is 9.95. The molecule has 0 radical (unpaired) electrons. The fourth-order valence-electron chi connectivity index (χ4n) is 7.70. The van der Waals surface area contributed by atoms with Crippen LogP contribution in [0, 0.1) is 17.3 Å². The Labute approximate surface area is 151 Å². The van der Waals surface area contributed by atoms with Crippen LogP contribution in [0.1, 0.15) is 40.0 Å². The van der Waals surface area contributed by atoms with Crippen molar-refractivity contribution in [3.8, 4) is 0 Å². The Bertz CT molecular complexity index is 819. The van der Waals surface area contributed by atoms with Gasteiger partial charge in [0, 0.05) is 11.0 Å². The van der Waals surface area contributed by atoms with Crippen LogP contribution in [0.2, 0.25) is 0 Å². The Morgan fingerprint density at radius 3 is 2.77 bits per heavy atom. The number of aliphatic hydroxyl groups is 1. The van der Waals surface area contributed by atoms with Crippen molar-refractivity contribution < 1.29 is 28.8 Å². The predicted octanol–water partition coefficient (Wildman–Crippen LogP) is 1.10. The van der Waals surface area contributed by atoms with Crippen LogP contribution in [0.5, 0.6) is 0 Å². The van der Waals surface area contributed by atoms with E-state index >= 15 is 0 Å². The number of rotatable bonds is 1. The van der Waals surface area contributed by atoms with Gasteiger partial charge >= 0.3 is 5.97 Å². The predicted molar refractivity (Wildman–Crippen MR) is 87.1 cm³/mol. The summed E-state index contributed by atoms with van der Waals surface area (Å²) in [5.74, 6) is 0.297. The number of aliphatic hydroxyl groups excluding tert-OH is 1. The summed E-state index contributed by atoms with van der Waals surface area (Å²) in [6, 6.07) is 0. The second-order valence-electron chi connectivity index (χ2n) is 9.91. The molecule has 0 amide bonds. The SMILES string of the molecule is CC(C)[C@]12O[C@@H]1[C@@H]1O[C@@]13[C@@]1(O[C@H]1C[C@H]1C4=C(CC[C@]13C)C(=O)OC4)[C@@H]2O. The van der Waals surface area contributed by atoms with Gasteiger partial charge in [-0.15, -0.1) is 0 Å². The molecule has 0 aromatic rings. The molecule has 4 aliphatic heterocycles. The minimum Gasteiger partial charge on any atom is -0.458 e. The van der Waals surface area contributed by atoms with Gasteiger partial charge in [-0.25, -0.2) is 4.79 Å². The first-order valence-electron chi connectivity index (χ1n) is 9.95. The van der Waals surface area contributed by atoms with E-state index in [4.69, 9.17) is 18.9 Å². The number of cyclic esters (lactones) is 1. The van der Waals surface area contributed by atoms with Gasteiger partial charge in [0.15, 0.2) is 5.60 Å². The Hall–Kier alpha value is -0.950. The van der Waals surface area contributed by atoms with Gasteiger partial charge in [-0.05, 0) is 36.7 Å². The standard InChI is InChI=1S/C20H24O6/c1-8(2)18-13(25-18)14-20(26-14)17(3)5-4-9-10(7-23-15(9)21)11(17)6-12-19(20,24-12)16(18)22/h8,11-14,16,22H,4-7H2,1-3H3/t11-,12-,13+,14-,16+,17+,18-,19-,20-/m0/s1. The Kier molecular flexibility index (Phi) is 2.19. The van der Waals surface area contributed by atoms with Gasteiger partial charge in [-0.3, -0.25) is 0 Å². The van der Waals surface area contributed by atoms with Gasteiger partial charge in [0.1, 0.15) is 36.1 Å². The number of esters is 1. The average Bonchev–Trinajstić information content (AvgIpc) is 3.47. The van der Waals surface area contributed by atoms with Crippen molar-refractivity contribution in [2.24, 2.45) is 17.3 Å². The fourth-order valence-corrected chi connectivity index (χ4v) is 7.70. The van der Waals surface area contributed by atoms with Crippen LogP contribution in [-0.4, -0.2) is 58.9 Å². The fraction of sp³-hybridized carbons (Fsp3) is 0.850. The molecule has 0 bridgehead atoms. The van der Waals surface area contributed by atoms with Gasteiger partial charge in [-0.1, -0.05) is 20.8 Å². The van der Waals surface area contributed by atoms with Crippen molar-refractivity contribution in [1.29, 1.82) is 0 Å². The molecule has 9 atom stereocenters. The molecule has 4 heterocycles. The average molecular weight is 360 g/mol. The van der Waals surface area contributed by atoms with E-state index in [1.54, 1.807) is 0 Å². The van der Waals surface area contributed by atoms with Crippen LogP contribution in [-0.2, 0) is 23.7 Å². The summed E-state index contributed by atoms with van der Waals surface area (Å²) in [7, 11) is 0. The highest BCUT2D eigenvalue weighted by atomic mass is 16.7. The van der Waals surface area contributed by atoms with E-state index in [0.29, 0.717) is 6.61 Å². The number of epoxide rings is 3. The zero-order valence-corrected chi connectivity index (χ0v) is 15.3. The Morgan fingerprint density at radius 1 is 1.19 bits per heavy atom. The Balaban J connectivity index is 1.39. The van der Waals surface area contributed by atoms with Crippen LogP contribution in [0.25, 0.3) is 0 Å². The molecule has 2 saturated carbocycles. The topological polar surface area (TPSA) is 84.1 Å². The first kappa shape index (κ1) is 15.0. The van der Waals surface area contributed by atoms with Gasteiger partial charge in [0.05, 0.1) is 6.10 Å². The molecule has 140 valence electrons.